The van der Waals surface area contributed by atoms with Gasteiger partial charge in [-0.2, -0.15) is 0 Å². The Morgan fingerprint density at radius 2 is 2.07 bits per heavy atom. The molecule has 0 saturated carbocycles. The molecule has 2 saturated heterocycles. The van der Waals surface area contributed by atoms with E-state index in [1.165, 1.54) is 69.9 Å². The van der Waals surface area contributed by atoms with Crippen molar-refractivity contribution >= 4 is 75.3 Å². The third-order valence-corrected chi connectivity index (χ3v) is 10.5. The number of anilines is 1. The lowest BCUT2D eigenvalue weighted by atomic mass is 9.89. The number of benzene rings is 1. The molecule has 242 valence electrons. The number of aliphatic carboxylic acids is 1. The maximum absolute atomic E-state index is 13.2. The number of carboxylic acids is 1. The van der Waals surface area contributed by atoms with E-state index in [1.807, 2.05) is 0 Å². The van der Waals surface area contributed by atoms with Crippen LogP contribution in [-0.2, 0) is 37.6 Å². The van der Waals surface area contributed by atoms with Crippen molar-refractivity contribution in [2.75, 3.05) is 30.5 Å². The number of hydrogen-bond acceptors (Lipinski definition) is 16. The second kappa shape index (κ2) is 13.7. The topological polar surface area (TPSA) is 246 Å². The molecule has 46 heavy (non-hydrogen) atoms. The third kappa shape index (κ3) is 6.87. The normalized spacial score (nSPS) is 20.7. The number of aromatic nitrogens is 5. The minimum absolute atomic E-state index is 0.0510. The lowest BCUT2D eigenvalue weighted by Gasteiger charge is -2.53. The summed E-state index contributed by atoms with van der Waals surface area (Å²) >= 11 is 3.40. The number of ether oxygens (including phenoxy) is 1. The van der Waals surface area contributed by atoms with Crippen LogP contribution >= 0.6 is 34.9 Å². The molecule has 0 spiro atoms. The maximum Gasteiger partial charge on any atom is 0.413 e. The zero-order valence-electron chi connectivity index (χ0n) is 23.9. The highest BCUT2D eigenvalue weighted by molar-refractivity contribution is 8.00. The third-order valence-electron chi connectivity index (χ3n) is 6.81. The van der Waals surface area contributed by atoms with Crippen molar-refractivity contribution in [3.8, 4) is 0 Å². The highest BCUT2D eigenvalue weighted by atomic mass is 32.2. The zero-order chi connectivity index (χ0) is 33.0. The first-order chi connectivity index (χ1) is 22.0. The number of rotatable bonds is 12. The lowest BCUT2D eigenvalue weighted by molar-refractivity contribution is -0.384. The molecule has 22 heteroatoms. The SMILES string of the molecule is CON=C(C(=O)NC1C(=O)N2CC(CSc3nnnn3C)(C(=O)O)CS[C@H]12)c1csc(NC(=O)OCc2ccc([N+](=O)[O-])cc2)n1. The van der Waals surface area contributed by atoms with E-state index in [4.69, 9.17) is 9.57 Å². The monoisotopic (exact) mass is 692 g/mol. The quantitative estimate of drug-likeness (QED) is 0.0786. The van der Waals surface area contributed by atoms with E-state index in [9.17, 15) is 34.4 Å². The van der Waals surface area contributed by atoms with Gasteiger partial charge in [0.25, 0.3) is 11.6 Å². The van der Waals surface area contributed by atoms with Crippen LogP contribution in [0.3, 0.4) is 0 Å². The molecule has 0 radical (unpaired) electrons. The Balaban J connectivity index is 1.16. The van der Waals surface area contributed by atoms with Gasteiger partial charge in [-0.1, -0.05) is 16.9 Å². The molecule has 2 aliphatic heterocycles. The number of amides is 3. The van der Waals surface area contributed by atoms with Gasteiger partial charge in [-0.15, -0.1) is 28.2 Å². The number of β-lactam (4-membered cyclic amide) rings is 1. The molecule has 2 aromatic heterocycles. The van der Waals surface area contributed by atoms with Gasteiger partial charge in [0.05, 0.1) is 4.92 Å². The van der Waals surface area contributed by atoms with Gasteiger partial charge in [0.1, 0.15) is 36.2 Å². The number of carbonyl (C=O) groups is 4. The lowest BCUT2D eigenvalue weighted by Crippen LogP contribution is -2.74. The predicted molar refractivity (Wildman–Crippen MR) is 162 cm³/mol. The number of thioether (sulfide) groups is 2. The first-order valence-corrected chi connectivity index (χ1v) is 16.0. The molecule has 2 aliphatic rings. The van der Waals surface area contributed by atoms with Gasteiger partial charge in [-0.3, -0.25) is 29.8 Å². The van der Waals surface area contributed by atoms with Crippen LogP contribution in [0.15, 0.2) is 40.0 Å². The van der Waals surface area contributed by atoms with Crippen molar-refractivity contribution in [2.24, 2.45) is 17.6 Å². The summed E-state index contributed by atoms with van der Waals surface area (Å²) in [5.41, 5.74) is -1.03. The van der Waals surface area contributed by atoms with Crippen LogP contribution in [0.4, 0.5) is 15.6 Å². The Morgan fingerprint density at radius 1 is 1.30 bits per heavy atom. The van der Waals surface area contributed by atoms with Crippen LogP contribution in [0.2, 0.25) is 0 Å². The summed E-state index contributed by atoms with van der Waals surface area (Å²) in [6.45, 7) is -0.206. The standard InChI is InChI=1S/C24H24N10O9S3/c1-32-22(28-30-31-32)46-11-24(20(37)38)9-33-18(36)16(19(33)45-10-24)26-17(35)15(29-42-2)14-8-44-21(25-14)27-23(39)43-7-12-3-5-13(6-4-12)34(40)41/h3-6,8,16,19H,7,9-11H2,1-2H3,(H,26,35)(H,37,38)(H,25,27,39)/t16?,19-,24?/m1/s1. The van der Waals surface area contributed by atoms with Crippen molar-refractivity contribution in [1.29, 1.82) is 0 Å². The van der Waals surface area contributed by atoms with E-state index in [0.717, 1.165) is 11.3 Å². The minimum atomic E-state index is -1.25. The number of nitro groups is 1. The second-order valence-electron chi connectivity index (χ2n) is 9.86. The first kappa shape index (κ1) is 32.6. The largest absolute Gasteiger partial charge is 0.481 e. The average molecular weight is 693 g/mol. The molecule has 3 atom stereocenters. The fraction of sp³-hybridized carbons (Fsp3) is 0.375. The van der Waals surface area contributed by atoms with Gasteiger partial charge in [0, 0.05) is 42.6 Å². The molecule has 3 amide bonds. The van der Waals surface area contributed by atoms with Crippen molar-refractivity contribution in [3.05, 3.63) is 51.0 Å². The maximum atomic E-state index is 13.2. The van der Waals surface area contributed by atoms with Crippen molar-refractivity contribution < 1.29 is 38.8 Å². The number of oxime groups is 1. The van der Waals surface area contributed by atoms with Crippen LogP contribution in [0.25, 0.3) is 0 Å². The summed E-state index contributed by atoms with van der Waals surface area (Å²) < 4.78 is 6.55. The Morgan fingerprint density at radius 3 is 2.72 bits per heavy atom. The van der Waals surface area contributed by atoms with Gasteiger partial charge in [0.2, 0.25) is 11.1 Å². The molecule has 1 aromatic carbocycles. The van der Waals surface area contributed by atoms with Crippen LogP contribution in [0.1, 0.15) is 11.3 Å². The number of non-ortho nitro benzene ring substituents is 1. The fourth-order valence-corrected chi connectivity index (χ4v) is 7.78. The Labute approximate surface area is 271 Å². The number of hydrogen-bond donors (Lipinski definition) is 3. The number of carbonyl (C=O) groups excluding carboxylic acids is 3. The molecule has 2 unspecified atom stereocenters. The van der Waals surface area contributed by atoms with Crippen LogP contribution in [-0.4, -0.2) is 106 Å². The van der Waals surface area contributed by atoms with Gasteiger partial charge in [-0.25, -0.2) is 14.5 Å². The average Bonchev–Trinajstić information content (AvgIpc) is 3.68. The zero-order valence-corrected chi connectivity index (χ0v) is 26.3. The number of carboxylic acid groups (broad SMARTS) is 1. The summed E-state index contributed by atoms with van der Waals surface area (Å²) in [7, 11) is 2.86. The highest BCUT2D eigenvalue weighted by Gasteiger charge is 2.57. The fourth-order valence-electron chi connectivity index (χ4n) is 4.38. The summed E-state index contributed by atoms with van der Waals surface area (Å²) in [6.07, 6.45) is -0.854. The molecule has 3 N–H and O–H groups in total. The molecule has 5 rings (SSSR count). The number of fused-ring (bicyclic) bond motifs is 1. The highest BCUT2D eigenvalue weighted by Crippen LogP contribution is 2.44. The Hall–Kier alpha value is -4.83. The number of nitro benzene ring substituents is 1. The molecular weight excluding hydrogens is 669 g/mol. The first-order valence-electron chi connectivity index (χ1n) is 13.1. The van der Waals surface area contributed by atoms with E-state index in [2.05, 4.69) is 36.3 Å². The molecule has 19 nitrogen and oxygen atoms in total. The number of tetrazole rings is 1. The van der Waals surface area contributed by atoms with Crippen LogP contribution in [0.5, 0.6) is 0 Å². The molecular formula is C24H24N10O9S3. The number of nitrogens with zero attached hydrogens (tertiary/aromatic N) is 8. The Bertz CT molecular complexity index is 1700. The predicted octanol–water partition coefficient (Wildman–Crippen LogP) is 0.937. The molecule has 3 aromatic rings. The molecule has 2 fully saturated rings. The number of nitrogens with one attached hydrogen (secondary N) is 2. The van der Waals surface area contributed by atoms with Gasteiger partial charge in [-0.05, 0) is 28.1 Å². The van der Waals surface area contributed by atoms with Gasteiger partial charge in [0.15, 0.2) is 10.8 Å². The van der Waals surface area contributed by atoms with E-state index in [-0.39, 0.29) is 46.9 Å². The van der Waals surface area contributed by atoms with Crippen LogP contribution in [0, 0.1) is 15.5 Å². The van der Waals surface area contributed by atoms with Crippen molar-refractivity contribution in [2.45, 2.75) is 23.2 Å². The van der Waals surface area contributed by atoms with E-state index in [0.29, 0.717) is 10.7 Å². The van der Waals surface area contributed by atoms with Gasteiger partial charge >= 0.3 is 12.1 Å². The van der Waals surface area contributed by atoms with Crippen LogP contribution < -0.4 is 10.6 Å². The van der Waals surface area contributed by atoms with Crippen molar-refractivity contribution in [3.63, 3.8) is 0 Å². The Kier molecular flexibility index (Phi) is 9.67. The molecule has 0 bridgehead atoms. The van der Waals surface area contributed by atoms with E-state index in [1.54, 1.807) is 7.05 Å². The van der Waals surface area contributed by atoms with Crippen molar-refractivity contribution in [1.82, 2.24) is 35.4 Å². The van der Waals surface area contributed by atoms with E-state index < -0.39 is 45.6 Å². The van der Waals surface area contributed by atoms with E-state index >= 15 is 0 Å². The van der Waals surface area contributed by atoms with Gasteiger partial charge < -0.3 is 24.9 Å². The summed E-state index contributed by atoms with van der Waals surface area (Å²) in [5.74, 6) is -1.96. The summed E-state index contributed by atoms with van der Waals surface area (Å²) in [5, 5.41) is 42.3. The number of aryl methyl sites for hydroxylation is 1. The molecule has 4 heterocycles. The second-order valence-corrected chi connectivity index (χ2v) is 12.8. The summed E-state index contributed by atoms with van der Waals surface area (Å²) in [4.78, 5) is 71.5. The minimum Gasteiger partial charge on any atom is -0.481 e. The summed E-state index contributed by atoms with van der Waals surface area (Å²) in [6, 6.07) is 4.55. The number of thiazole rings is 1. The smallest absolute Gasteiger partial charge is 0.413 e. The molecule has 0 aliphatic carbocycles.